The van der Waals surface area contributed by atoms with Gasteiger partial charge in [-0.3, -0.25) is 4.98 Å². The molecule has 5 rings (SSSR count). The van der Waals surface area contributed by atoms with E-state index in [1.807, 2.05) is 18.3 Å². The summed E-state index contributed by atoms with van der Waals surface area (Å²) in [5.41, 5.74) is 8.37. The van der Waals surface area contributed by atoms with E-state index in [0.29, 0.717) is 0 Å². The lowest BCUT2D eigenvalue weighted by Gasteiger charge is -2.28. The maximum Gasteiger partial charge on any atom is 0.174 e. The lowest BCUT2D eigenvalue weighted by molar-refractivity contribution is 0.563. The Hall–Kier alpha value is -3.44. The molecule has 0 unspecified atom stereocenters. The molecule has 166 valence electrons. The number of nitrogens with zero attached hydrogens (tertiary/aromatic N) is 3. The summed E-state index contributed by atoms with van der Waals surface area (Å²) in [5, 5.41) is 4.31. The first-order valence-electron chi connectivity index (χ1n) is 11.3. The van der Waals surface area contributed by atoms with E-state index < -0.39 is 0 Å². The quantitative estimate of drug-likeness (QED) is 0.375. The van der Waals surface area contributed by atoms with Gasteiger partial charge in [0.1, 0.15) is 0 Å². The lowest BCUT2D eigenvalue weighted by Crippen LogP contribution is -2.29. The van der Waals surface area contributed by atoms with E-state index in [0.717, 1.165) is 23.0 Å². The molecule has 4 nitrogen and oxygen atoms in total. The smallest absolute Gasteiger partial charge is 0.174 e. The van der Waals surface area contributed by atoms with Gasteiger partial charge in [-0.1, -0.05) is 48.5 Å². The largest absolute Gasteiger partial charge is 0.351 e. The first-order valence-corrected chi connectivity index (χ1v) is 11.7. The molecular formula is C28H28N4S. The van der Waals surface area contributed by atoms with Crippen LogP contribution in [-0.2, 0) is 6.54 Å². The predicted molar refractivity (Wildman–Crippen MR) is 139 cm³/mol. The minimum atomic E-state index is -0.0371. The summed E-state index contributed by atoms with van der Waals surface area (Å²) in [4.78, 5) is 6.95. The first kappa shape index (κ1) is 21.4. The molecule has 33 heavy (non-hydrogen) atoms. The van der Waals surface area contributed by atoms with E-state index in [1.165, 1.54) is 28.1 Å². The van der Waals surface area contributed by atoms with Crippen molar-refractivity contribution in [2.24, 2.45) is 0 Å². The van der Waals surface area contributed by atoms with E-state index in [4.69, 9.17) is 12.2 Å². The first-order chi connectivity index (χ1) is 16.0. The lowest BCUT2D eigenvalue weighted by atomic mass is 9.96. The number of thiocarbonyl (C=S) groups is 1. The van der Waals surface area contributed by atoms with Gasteiger partial charge in [0, 0.05) is 29.8 Å². The van der Waals surface area contributed by atoms with E-state index in [-0.39, 0.29) is 12.1 Å². The number of anilines is 1. The number of benzene rings is 2. The van der Waals surface area contributed by atoms with Gasteiger partial charge in [-0.05, 0) is 80.0 Å². The van der Waals surface area contributed by atoms with Crippen LogP contribution in [-0.4, -0.2) is 14.7 Å². The molecule has 4 aromatic rings. The monoisotopic (exact) mass is 452 g/mol. The minimum Gasteiger partial charge on any atom is -0.351 e. The van der Waals surface area contributed by atoms with Crippen molar-refractivity contribution in [1.82, 2.24) is 14.9 Å². The SMILES string of the molecule is Cc1cccc(N2C(=S)N[C@H](c3ccccn3)[C@H]2c2cc(C)n(Cc3ccccc3)c2C)c1. The van der Waals surface area contributed by atoms with Crippen LogP contribution < -0.4 is 10.2 Å². The zero-order valence-electron chi connectivity index (χ0n) is 19.2. The molecule has 0 spiro atoms. The van der Waals surface area contributed by atoms with Crippen molar-refractivity contribution in [2.75, 3.05) is 4.90 Å². The fraction of sp³-hybridized carbons (Fsp3) is 0.214. The fourth-order valence-corrected chi connectivity index (χ4v) is 5.21. The third kappa shape index (κ3) is 4.05. The third-order valence-electron chi connectivity index (χ3n) is 6.49. The summed E-state index contributed by atoms with van der Waals surface area (Å²) < 4.78 is 2.40. The fourth-order valence-electron chi connectivity index (χ4n) is 4.86. The molecule has 0 amide bonds. The summed E-state index contributed by atoms with van der Waals surface area (Å²) in [6.07, 6.45) is 1.85. The molecule has 0 radical (unpaired) electrons. The maximum atomic E-state index is 5.89. The van der Waals surface area contributed by atoms with Crippen LogP contribution in [0.5, 0.6) is 0 Å². The van der Waals surface area contributed by atoms with Crippen molar-refractivity contribution >= 4 is 23.0 Å². The molecule has 1 aliphatic rings. The normalized spacial score (nSPS) is 17.9. The van der Waals surface area contributed by atoms with E-state index in [9.17, 15) is 0 Å². The van der Waals surface area contributed by atoms with Gasteiger partial charge in [-0.25, -0.2) is 0 Å². The Labute approximate surface area is 200 Å². The van der Waals surface area contributed by atoms with Crippen molar-refractivity contribution in [2.45, 2.75) is 39.4 Å². The molecule has 1 N–H and O–H groups in total. The molecule has 3 heterocycles. The zero-order chi connectivity index (χ0) is 22.9. The van der Waals surface area contributed by atoms with Gasteiger partial charge in [0.05, 0.1) is 17.8 Å². The molecular weight excluding hydrogens is 424 g/mol. The van der Waals surface area contributed by atoms with Gasteiger partial charge in [-0.15, -0.1) is 0 Å². The van der Waals surface area contributed by atoms with Crippen molar-refractivity contribution in [1.29, 1.82) is 0 Å². The Bertz CT molecular complexity index is 1280. The molecule has 5 heteroatoms. The molecule has 2 atom stereocenters. The number of nitrogens with one attached hydrogen (secondary N) is 1. The summed E-state index contributed by atoms with van der Waals surface area (Å²) in [6.45, 7) is 7.37. The summed E-state index contributed by atoms with van der Waals surface area (Å²) >= 11 is 5.89. The van der Waals surface area contributed by atoms with Crippen molar-refractivity contribution in [3.63, 3.8) is 0 Å². The second kappa shape index (κ2) is 8.83. The molecule has 0 aliphatic carbocycles. The Morgan fingerprint density at radius 3 is 2.42 bits per heavy atom. The van der Waals surface area contributed by atoms with Gasteiger partial charge in [0.15, 0.2) is 5.11 Å². The van der Waals surface area contributed by atoms with Crippen LogP contribution >= 0.6 is 12.2 Å². The van der Waals surface area contributed by atoms with Crippen LogP contribution in [0.4, 0.5) is 5.69 Å². The zero-order valence-corrected chi connectivity index (χ0v) is 20.0. The van der Waals surface area contributed by atoms with Gasteiger partial charge in [0.2, 0.25) is 0 Å². The molecule has 1 fully saturated rings. The number of aromatic nitrogens is 2. The highest BCUT2D eigenvalue weighted by Gasteiger charge is 2.42. The molecule has 1 aliphatic heterocycles. The second-order valence-corrected chi connectivity index (χ2v) is 9.12. The van der Waals surface area contributed by atoms with Crippen LogP contribution in [0.2, 0.25) is 0 Å². The summed E-state index contributed by atoms with van der Waals surface area (Å²) in [5.74, 6) is 0. The van der Waals surface area contributed by atoms with Gasteiger partial charge in [0.25, 0.3) is 0 Å². The van der Waals surface area contributed by atoms with Crippen LogP contribution in [0.3, 0.4) is 0 Å². The van der Waals surface area contributed by atoms with Crippen LogP contribution in [0.1, 0.15) is 45.9 Å². The Morgan fingerprint density at radius 2 is 1.70 bits per heavy atom. The molecule has 2 aromatic carbocycles. The van der Waals surface area contributed by atoms with E-state index in [2.05, 4.69) is 107 Å². The Morgan fingerprint density at radius 1 is 0.909 bits per heavy atom. The van der Waals surface area contributed by atoms with Crippen molar-refractivity contribution in [3.8, 4) is 0 Å². The number of rotatable bonds is 5. The molecule has 0 saturated carbocycles. The third-order valence-corrected chi connectivity index (χ3v) is 6.81. The standard InChI is InChI=1S/C28H28N4S/c1-19-10-9-13-23(16-19)32-27(26(30-28(32)33)25-14-7-8-15-29-25)24-17-20(2)31(21(24)3)18-22-11-5-4-6-12-22/h4-17,26-27H,18H2,1-3H3,(H,30,33)/t26-,27-/m1/s1. The maximum absolute atomic E-state index is 5.89. The Balaban J connectivity index is 1.63. The highest BCUT2D eigenvalue weighted by Crippen LogP contribution is 2.43. The van der Waals surface area contributed by atoms with E-state index in [1.54, 1.807) is 0 Å². The average molecular weight is 453 g/mol. The number of hydrogen-bond donors (Lipinski definition) is 1. The predicted octanol–water partition coefficient (Wildman–Crippen LogP) is 6.03. The summed E-state index contributed by atoms with van der Waals surface area (Å²) in [7, 11) is 0. The Kier molecular flexibility index (Phi) is 5.73. The van der Waals surface area contributed by atoms with Gasteiger partial charge >= 0.3 is 0 Å². The topological polar surface area (TPSA) is 33.1 Å². The highest BCUT2D eigenvalue weighted by molar-refractivity contribution is 7.80. The average Bonchev–Trinajstić information content (AvgIpc) is 3.31. The molecule has 2 aromatic heterocycles. The van der Waals surface area contributed by atoms with Crippen LogP contribution in [0.25, 0.3) is 0 Å². The molecule has 0 bridgehead atoms. The highest BCUT2D eigenvalue weighted by atomic mass is 32.1. The van der Waals surface area contributed by atoms with Crippen molar-refractivity contribution < 1.29 is 0 Å². The summed E-state index contributed by atoms with van der Waals surface area (Å²) in [6, 6.07) is 27.5. The van der Waals surface area contributed by atoms with Gasteiger partial charge < -0.3 is 14.8 Å². The second-order valence-electron chi connectivity index (χ2n) is 8.73. The van der Waals surface area contributed by atoms with Crippen LogP contribution in [0, 0.1) is 20.8 Å². The van der Waals surface area contributed by atoms with Gasteiger partial charge in [-0.2, -0.15) is 0 Å². The van der Waals surface area contributed by atoms with E-state index >= 15 is 0 Å². The van der Waals surface area contributed by atoms with Crippen LogP contribution in [0.15, 0.2) is 85.1 Å². The van der Waals surface area contributed by atoms with Crippen molar-refractivity contribution in [3.05, 3.63) is 119 Å². The number of hydrogen-bond acceptors (Lipinski definition) is 2. The molecule has 1 saturated heterocycles. The number of aryl methyl sites for hydroxylation is 2. The minimum absolute atomic E-state index is 0.00456. The number of pyridine rings is 1.